The first-order valence-electron chi connectivity index (χ1n) is 10.1. The molecule has 0 aliphatic rings. The van der Waals surface area contributed by atoms with Gasteiger partial charge in [-0.25, -0.2) is 0 Å². The fraction of sp³-hybridized carbons (Fsp3) is 0.333. The van der Waals surface area contributed by atoms with E-state index < -0.39 is 0 Å². The Kier molecular flexibility index (Phi) is 7.63. The van der Waals surface area contributed by atoms with Gasteiger partial charge < -0.3 is 18.9 Å². The lowest BCUT2D eigenvalue weighted by Crippen LogP contribution is -2.07. The fourth-order valence-corrected chi connectivity index (χ4v) is 3.29. The van der Waals surface area contributed by atoms with Crippen molar-refractivity contribution in [3.05, 3.63) is 59.4 Å². The summed E-state index contributed by atoms with van der Waals surface area (Å²) >= 11 is 0. The third kappa shape index (κ3) is 5.07. The summed E-state index contributed by atoms with van der Waals surface area (Å²) in [6.07, 6.45) is 3.02. The van der Waals surface area contributed by atoms with Crippen molar-refractivity contribution in [1.29, 1.82) is 0 Å². The zero-order chi connectivity index (χ0) is 21.3. The lowest BCUT2D eigenvalue weighted by Gasteiger charge is -2.15. The van der Waals surface area contributed by atoms with Crippen molar-refractivity contribution in [3.8, 4) is 17.2 Å². The molecule has 30 heavy (non-hydrogen) atoms. The van der Waals surface area contributed by atoms with Crippen molar-refractivity contribution < 1.29 is 23.7 Å². The highest BCUT2D eigenvalue weighted by Gasteiger charge is 2.14. The number of aldehydes is 1. The lowest BCUT2D eigenvalue weighted by atomic mass is 10.00. The van der Waals surface area contributed by atoms with Gasteiger partial charge in [-0.3, -0.25) is 9.78 Å². The van der Waals surface area contributed by atoms with Gasteiger partial charge in [0.2, 0.25) is 0 Å². The van der Waals surface area contributed by atoms with Crippen LogP contribution >= 0.6 is 0 Å². The molecule has 0 aliphatic carbocycles. The minimum absolute atomic E-state index is 0.397. The Labute approximate surface area is 176 Å². The smallest absolute Gasteiger partial charge is 0.161 e. The Morgan fingerprint density at radius 2 is 1.80 bits per heavy atom. The molecule has 0 fully saturated rings. The van der Waals surface area contributed by atoms with Crippen LogP contribution in [0.3, 0.4) is 0 Å². The van der Waals surface area contributed by atoms with Crippen molar-refractivity contribution in [2.24, 2.45) is 0 Å². The van der Waals surface area contributed by atoms with Gasteiger partial charge >= 0.3 is 0 Å². The molecule has 0 spiro atoms. The number of fused-ring (bicyclic) bond motifs is 1. The average Bonchev–Trinajstić information content (AvgIpc) is 2.77. The first-order valence-corrected chi connectivity index (χ1v) is 10.1. The second kappa shape index (κ2) is 10.6. The Morgan fingerprint density at radius 3 is 2.53 bits per heavy atom. The number of hydrogen-bond acceptors (Lipinski definition) is 6. The molecule has 3 aromatic rings. The summed E-state index contributed by atoms with van der Waals surface area (Å²) in [5.74, 6) is 1.99. The molecule has 0 saturated carbocycles. The molecule has 0 bridgehead atoms. The zero-order valence-corrected chi connectivity index (χ0v) is 17.6. The van der Waals surface area contributed by atoms with Crippen LogP contribution in [0.15, 0.2) is 42.6 Å². The van der Waals surface area contributed by atoms with Crippen LogP contribution in [-0.4, -0.2) is 44.8 Å². The van der Waals surface area contributed by atoms with E-state index in [1.54, 1.807) is 13.3 Å². The van der Waals surface area contributed by atoms with Crippen LogP contribution in [0, 0.1) is 0 Å². The Balaban J connectivity index is 1.99. The van der Waals surface area contributed by atoms with E-state index >= 15 is 0 Å². The average molecular weight is 409 g/mol. The van der Waals surface area contributed by atoms with E-state index in [-0.39, 0.29) is 0 Å². The summed E-state index contributed by atoms with van der Waals surface area (Å²) in [7, 11) is 1.60. The molecule has 158 valence electrons. The second-order valence-electron chi connectivity index (χ2n) is 6.63. The molecule has 0 aliphatic heterocycles. The molecule has 6 heteroatoms. The van der Waals surface area contributed by atoms with Crippen LogP contribution in [0.1, 0.15) is 35.5 Å². The molecule has 3 rings (SSSR count). The number of carbonyl (C=O) groups excluding carboxylic acids is 1. The topological polar surface area (TPSA) is 66.9 Å². The van der Waals surface area contributed by atoms with Gasteiger partial charge in [0.05, 0.1) is 26.0 Å². The highest BCUT2D eigenvalue weighted by molar-refractivity contribution is 6.00. The van der Waals surface area contributed by atoms with E-state index in [9.17, 15) is 4.79 Å². The molecule has 6 nitrogen and oxygen atoms in total. The van der Waals surface area contributed by atoms with Crippen molar-refractivity contribution in [1.82, 2.24) is 4.98 Å². The predicted octanol–water partition coefficient (Wildman–Crippen LogP) is 4.46. The molecule has 0 amide bonds. The largest absolute Gasteiger partial charge is 0.494 e. The van der Waals surface area contributed by atoms with E-state index in [2.05, 4.69) is 4.98 Å². The fourth-order valence-electron chi connectivity index (χ4n) is 3.29. The number of pyridine rings is 1. The van der Waals surface area contributed by atoms with Gasteiger partial charge in [0.15, 0.2) is 17.8 Å². The standard InChI is InChI=1S/C24H27NO5/c1-4-28-9-10-30-24-13-20-18(16-26)15-25-22(21(20)14-23(24)27-3)12-17-7-6-8-19(11-17)29-5-2/h6-8,11,13-16H,4-5,9-10,12H2,1-3H3. The quantitative estimate of drug-likeness (QED) is 0.344. The number of methoxy groups -OCH3 is 1. The first-order chi connectivity index (χ1) is 14.7. The molecule has 1 aromatic heterocycles. The molecule has 0 atom stereocenters. The van der Waals surface area contributed by atoms with E-state index in [4.69, 9.17) is 18.9 Å². The second-order valence-corrected chi connectivity index (χ2v) is 6.63. The lowest BCUT2D eigenvalue weighted by molar-refractivity contribution is 0.109. The third-order valence-electron chi connectivity index (χ3n) is 4.68. The van der Waals surface area contributed by atoms with E-state index in [1.807, 2.05) is 50.2 Å². The number of ether oxygens (including phenoxy) is 4. The van der Waals surface area contributed by atoms with Crippen molar-refractivity contribution in [2.45, 2.75) is 20.3 Å². The van der Waals surface area contributed by atoms with Gasteiger partial charge in [-0.05, 0) is 49.1 Å². The van der Waals surface area contributed by atoms with E-state index in [1.165, 1.54) is 0 Å². The summed E-state index contributed by atoms with van der Waals surface area (Å²) in [4.78, 5) is 16.2. The Hall–Kier alpha value is -3.12. The van der Waals surface area contributed by atoms with E-state index in [0.717, 1.165) is 34.1 Å². The first kappa shape index (κ1) is 21.6. The highest BCUT2D eigenvalue weighted by atomic mass is 16.5. The summed E-state index contributed by atoms with van der Waals surface area (Å²) in [5, 5.41) is 1.64. The number of rotatable bonds is 11. The molecular formula is C24H27NO5. The van der Waals surface area contributed by atoms with Gasteiger partial charge in [-0.15, -0.1) is 0 Å². The number of nitrogens with zero attached hydrogens (tertiary/aromatic N) is 1. The molecule has 2 aromatic carbocycles. The van der Waals surface area contributed by atoms with Crippen molar-refractivity contribution >= 4 is 17.1 Å². The van der Waals surface area contributed by atoms with Crippen LogP contribution < -0.4 is 14.2 Å². The van der Waals surface area contributed by atoms with E-state index in [0.29, 0.717) is 49.9 Å². The van der Waals surface area contributed by atoms with Gasteiger partial charge in [0.25, 0.3) is 0 Å². The van der Waals surface area contributed by atoms with Crippen LogP contribution in [0.4, 0.5) is 0 Å². The van der Waals surface area contributed by atoms with Crippen LogP contribution in [0.2, 0.25) is 0 Å². The Morgan fingerprint density at radius 1 is 0.967 bits per heavy atom. The van der Waals surface area contributed by atoms with Gasteiger partial charge in [0, 0.05) is 30.2 Å². The summed E-state index contributed by atoms with van der Waals surface area (Å²) in [6, 6.07) is 11.7. The van der Waals surface area contributed by atoms with Crippen molar-refractivity contribution in [2.75, 3.05) is 33.5 Å². The SMILES string of the molecule is CCOCCOc1cc2c(C=O)cnc(Cc3cccc(OCC)c3)c2cc1OC. The minimum Gasteiger partial charge on any atom is -0.494 e. The summed E-state index contributed by atoms with van der Waals surface area (Å²) in [5.41, 5.74) is 2.43. The highest BCUT2D eigenvalue weighted by Crippen LogP contribution is 2.35. The molecule has 1 heterocycles. The third-order valence-corrected chi connectivity index (χ3v) is 4.68. The molecule has 0 radical (unpaired) electrons. The van der Waals surface area contributed by atoms with Gasteiger partial charge in [-0.2, -0.15) is 0 Å². The maximum Gasteiger partial charge on any atom is 0.161 e. The zero-order valence-electron chi connectivity index (χ0n) is 17.6. The predicted molar refractivity (Wildman–Crippen MR) is 116 cm³/mol. The Bertz CT molecular complexity index is 1000. The van der Waals surface area contributed by atoms with Crippen LogP contribution in [-0.2, 0) is 11.2 Å². The summed E-state index contributed by atoms with van der Waals surface area (Å²) < 4.78 is 22.3. The minimum atomic E-state index is 0.397. The maximum atomic E-state index is 11.6. The molecule has 0 unspecified atom stereocenters. The molecule has 0 N–H and O–H groups in total. The monoisotopic (exact) mass is 409 g/mol. The number of benzene rings is 2. The summed E-state index contributed by atoms with van der Waals surface area (Å²) in [6.45, 7) is 6.02. The number of hydrogen-bond donors (Lipinski definition) is 0. The van der Waals surface area contributed by atoms with Crippen molar-refractivity contribution in [3.63, 3.8) is 0 Å². The normalized spacial score (nSPS) is 10.8. The molecule has 0 saturated heterocycles. The van der Waals surface area contributed by atoms with Crippen LogP contribution in [0.25, 0.3) is 10.8 Å². The number of aromatic nitrogens is 1. The van der Waals surface area contributed by atoms with Crippen LogP contribution in [0.5, 0.6) is 17.2 Å². The number of carbonyl (C=O) groups is 1. The van der Waals surface area contributed by atoms with Gasteiger partial charge in [-0.1, -0.05) is 12.1 Å². The van der Waals surface area contributed by atoms with Gasteiger partial charge in [0.1, 0.15) is 12.4 Å². The maximum absolute atomic E-state index is 11.6. The molecular weight excluding hydrogens is 382 g/mol.